The first-order valence-corrected chi connectivity index (χ1v) is 4.30. The van der Waals surface area contributed by atoms with Crippen LogP contribution < -0.4 is 5.73 Å². The summed E-state index contributed by atoms with van der Waals surface area (Å²) in [6.45, 7) is 0. The van der Waals surface area contributed by atoms with Crippen molar-refractivity contribution in [2.45, 2.75) is 19.3 Å². The van der Waals surface area contributed by atoms with Crippen LogP contribution in [0.2, 0.25) is 0 Å². The van der Waals surface area contributed by atoms with Crippen molar-refractivity contribution in [3.63, 3.8) is 0 Å². The van der Waals surface area contributed by atoms with E-state index in [1.807, 2.05) is 6.07 Å². The summed E-state index contributed by atoms with van der Waals surface area (Å²) in [4.78, 5) is 0. The maximum atomic E-state index is 12.9. The summed E-state index contributed by atoms with van der Waals surface area (Å²) in [5, 5.41) is 0. The van der Waals surface area contributed by atoms with Gasteiger partial charge in [-0.3, -0.25) is 0 Å². The number of anilines is 1. The second-order valence-corrected chi connectivity index (χ2v) is 3.46. The molecule has 0 unspecified atom stereocenters. The van der Waals surface area contributed by atoms with Crippen molar-refractivity contribution < 1.29 is 4.39 Å². The number of hydrogen-bond acceptors (Lipinski definition) is 1. The van der Waals surface area contributed by atoms with E-state index in [1.165, 1.54) is 18.9 Å². The van der Waals surface area contributed by atoms with Gasteiger partial charge in [0.1, 0.15) is 5.82 Å². The van der Waals surface area contributed by atoms with Crippen LogP contribution in [-0.2, 0) is 6.42 Å². The smallest absolute Gasteiger partial charge is 0.146 e. The third-order valence-electron chi connectivity index (χ3n) is 2.35. The lowest BCUT2D eigenvalue weighted by Crippen LogP contribution is -1.98. The van der Waals surface area contributed by atoms with Gasteiger partial charge in [0, 0.05) is 0 Å². The molecule has 0 heterocycles. The van der Waals surface area contributed by atoms with Gasteiger partial charge in [-0.25, -0.2) is 4.39 Å². The second-order valence-electron chi connectivity index (χ2n) is 3.46. The van der Waals surface area contributed by atoms with Gasteiger partial charge >= 0.3 is 0 Å². The SMILES string of the molecule is Nc1c(F)cccc1CC1CC1. The first kappa shape index (κ1) is 7.59. The van der Waals surface area contributed by atoms with Crippen LogP contribution in [0.5, 0.6) is 0 Å². The summed E-state index contributed by atoms with van der Waals surface area (Å²) >= 11 is 0. The molecule has 0 radical (unpaired) electrons. The molecule has 0 saturated heterocycles. The van der Waals surface area contributed by atoms with E-state index >= 15 is 0 Å². The second kappa shape index (κ2) is 2.77. The number of nitrogen functional groups attached to an aromatic ring is 1. The van der Waals surface area contributed by atoms with Crippen LogP contribution in [0.25, 0.3) is 0 Å². The zero-order valence-electron chi connectivity index (χ0n) is 6.89. The third kappa shape index (κ3) is 1.42. The molecular formula is C10H12FN. The van der Waals surface area contributed by atoms with Gasteiger partial charge in [-0.05, 0) is 36.8 Å². The van der Waals surface area contributed by atoms with Gasteiger partial charge in [0.25, 0.3) is 0 Å². The lowest BCUT2D eigenvalue weighted by molar-refractivity contribution is 0.629. The van der Waals surface area contributed by atoms with E-state index < -0.39 is 0 Å². The zero-order chi connectivity index (χ0) is 8.55. The quantitative estimate of drug-likeness (QED) is 0.669. The van der Waals surface area contributed by atoms with Gasteiger partial charge in [-0.15, -0.1) is 0 Å². The minimum absolute atomic E-state index is 0.284. The summed E-state index contributed by atoms with van der Waals surface area (Å²) in [5.41, 5.74) is 6.89. The molecule has 12 heavy (non-hydrogen) atoms. The monoisotopic (exact) mass is 165 g/mol. The Morgan fingerprint density at radius 1 is 1.42 bits per heavy atom. The van der Waals surface area contributed by atoms with Crippen molar-refractivity contribution in [3.8, 4) is 0 Å². The highest BCUT2D eigenvalue weighted by Gasteiger charge is 2.22. The third-order valence-corrected chi connectivity index (χ3v) is 2.35. The Labute approximate surface area is 71.4 Å². The average Bonchev–Trinajstić information content (AvgIpc) is 2.83. The Bertz CT molecular complexity index is 292. The van der Waals surface area contributed by atoms with Crippen molar-refractivity contribution >= 4 is 5.69 Å². The van der Waals surface area contributed by atoms with Crippen molar-refractivity contribution in [1.29, 1.82) is 0 Å². The molecule has 0 spiro atoms. The highest BCUT2D eigenvalue weighted by atomic mass is 19.1. The van der Waals surface area contributed by atoms with Crippen LogP contribution in [0, 0.1) is 11.7 Å². The summed E-state index contributed by atoms with van der Waals surface area (Å²) in [6.07, 6.45) is 3.50. The number of rotatable bonds is 2. The van der Waals surface area contributed by atoms with E-state index in [0.29, 0.717) is 5.69 Å². The summed E-state index contributed by atoms with van der Waals surface area (Å²) in [5.74, 6) is 0.474. The van der Waals surface area contributed by atoms with Crippen molar-refractivity contribution in [2.75, 3.05) is 5.73 Å². The van der Waals surface area contributed by atoms with Crippen LogP contribution in [-0.4, -0.2) is 0 Å². The van der Waals surface area contributed by atoms with E-state index in [0.717, 1.165) is 17.9 Å². The topological polar surface area (TPSA) is 26.0 Å². The number of nitrogens with two attached hydrogens (primary N) is 1. The van der Waals surface area contributed by atoms with Gasteiger partial charge in [-0.1, -0.05) is 12.1 Å². The lowest BCUT2D eigenvalue weighted by atomic mass is 10.1. The van der Waals surface area contributed by atoms with E-state index in [2.05, 4.69) is 0 Å². The standard InChI is InChI=1S/C10H12FN/c11-9-3-1-2-8(10(9)12)6-7-4-5-7/h1-3,7H,4-6,12H2. The van der Waals surface area contributed by atoms with Crippen molar-refractivity contribution in [2.24, 2.45) is 5.92 Å². The number of benzene rings is 1. The van der Waals surface area contributed by atoms with Crippen molar-refractivity contribution in [1.82, 2.24) is 0 Å². The summed E-state index contributed by atoms with van der Waals surface area (Å²) in [6, 6.07) is 5.05. The lowest BCUT2D eigenvalue weighted by Gasteiger charge is -2.04. The molecule has 0 bridgehead atoms. The maximum Gasteiger partial charge on any atom is 0.146 e. The van der Waals surface area contributed by atoms with Crippen LogP contribution in [0.4, 0.5) is 10.1 Å². The Balaban J connectivity index is 2.23. The molecule has 0 aliphatic heterocycles. The molecule has 0 amide bonds. The molecule has 64 valence electrons. The van der Waals surface area contributed by atoms with E-state index in [9.17, 15) is 4.39 Å². The molecule has 1 aromatic carbocycles. The molecule has 1 aliphatic rings. The van der Waals surface area contributed by atoms with Gasteiger partial charge < -0.3 is 5.73 Å². The highest BCUT2D eigenvalue weighted by Crippen LogP contribution is 2.34. The Morgan fingerprint density at radius 2 is 2.17 bits per heavy atom. The molecule has 0 atom stereocenters. The minimum atomic E-state index is -0.284. The van der Waals surface area contributed by atoms with Crippen LogP contribution in [0.1, 0.15) is 18.4 Å². The van der Waals surface area contributed by atoms with E-state index in [4.69, 9.17) is 5.73 Å². The average molecular weight is 165 g/mol. The first-order valence-electron chi connectivity index (χ1n) is 4.30. The van der Waals surface area contributed by atoms with E-state index in [-0.39, 0.29) is 5.82 Å². The predicted molar refractivity (Wildman–Crippen MR) is 47.2 cm³/mol. The van der Waals surface area contributed by atoms with Crippen LogP contribution in [0.3, 0.4) is 0 Å². The molecule has 1 aliphatic carbocycles. The molecule has 1 aromatic rings. The Hall–Kier alpha value is -1.05. The maximum absolute atomic E-state index is 12.9. The minimum Gasteiger partial charge on any atom is -0.396 e. The van der Waals surface area contributed by atoms with Gasteiger partial charge in [0.2, 0.25) is 0 Å². The molecule has 1 nitrogen and oxygen atoms in total. The van der Waals surface area contributed by atoms with E-state index in [1.54, 1.807) is 6.07 Å². The zero-order valence-corrected chi connectivity index (χ0v) is 6.89. The van der Waals surface area contributed by atoms with Crippen molar-refractivity contribution in [3.05, 3.63) is 29.6 Å². The Kier molecular flexibility index (Phi) is 1.75. The van der Waals surface area contributed by atoms with Crippen LogP contribution >= 0.6 is 0 Å². The highest BCUT2D eigenvalue weighted by molar-refractivity contribution is 5.48. The van der Waals surface area contributed by atoms with Crippen LogP contribution in [0.15, 0.2) is 18.2 Å². The molecular weight excluding hydrogens is 153 g/mol. The molecule has 2 rings (SSSR count). The fourth-order valence-electron chi connectivity index (χ4n) is 1.39. The first-order chi connectivity index (χ1) is 5.77. The number of hydrogen-bond donors (Lipinski definition) is 1. The van der Waals surface area contributed by atoms with Gasteiger partial charge in [-0.2, -0.15) is 0 Å². The Morgan fingerprint density at radius 3 is 2.83 bits per heavy atom. The number of halogens is 1. The largest absolute Gasteiger partial charge is 0.396 e. The fraction of sp³-hybridized carbons (Fsp3) is 0.400. The molecule has 0 aromatic heterocycles. The van der Waals surface area contributed by atoms with Gasteiger partial charge in [0.05, 0.1) is 5.69 Å². The number of para-hydroxylation sites is 1. The summed E-state index contributed by atoms with van der Waals surface area (Å²) in [7, 11) is 0. The van der Waals surface area contributed by atoms with Gasteiger partial charge in [0.15, 0.2) is 0 Å². The fourth-order valence-corrected chi connectivity index (χ4v) is 1.39. The molecule has 1 saturated carbocycles. The summed E-state index contributed by atoms with van der Waals surface area (Å²) < 4.78 is 12.9. The molecule has 2 heteroatoms. The molecule has 1 fully saturated rings. The molecule has 2 N–H and O–H groups in total. The predicted octanol–water partition coefficient (Wildman–Crippen LogP) is 2.36. The normalized spacial score (nSPS) is 16.4.